The predicted molar refractivity (Wildman–Crippen MR) is 99.0 cm³/mol. The van der Waals surface area contributed by atoms with E-state index in [2.05, 4.69) is 0 Å². The molecule has 25 heavy (non-hydrogen) atoms. The Labute approximate surface area is 150 Å². The van der Waals surface area contributed by atoms with Crippen LogP contribution in [0.25, 0.3) is 0 Å². The zero-order chi connectivity index (χ0) is 18.3. The highest BCUT2D eigenvalue weighted by atomic mass is 32.2. The Balaban J connectivity index is 1.83. The molecule has 1 amide bonds. The lowest BCUT2D eigenvalue weighted by atomic mass is 10.1. The van der Waals surface area contributed by atoms with Crippen LogP contribution in [0.1, 0.15) is 31.2 Å². The third-order valence-electron chi connectivity index (χ3n) is 4.38. The number of carbonyl (C=O) groups is 1. The number of unbranched alkanes of at least 4 members (excludes halogenated alkanes) is 1. The van der Waals surface area contributed by atoms with E-state index in [1.54, 1.807) is 11.0 Å². The third-order valence-corrected chi connectivity index (χ3v) is 5.41. The highest BCUT2D eigenvalue weighted by Gasteiger charge is 2.28. The maximum Gasteiger partial charge on any atom is 0.223 e. The summed E-state index contributed by atoms with van der Waals surface area (Å²) in [5.74, 6) is 0.261. The topological polar surface area (TPSA) is 74.7 Å². The highest BCUT2D eigenvalue weighted by Crippen LogP contribution is 2.21. The summed E-state index contributed by atoms with van der Waals surface area (Å²) < 4.78 is 22.3. The van der Waals surface area contributed by atoms with Crippen LogP contribution in [0.3, 0.4) is 0 Å². The van der Waals surface area contributed by atoms with Crippen LogP contribution >= 0.6 is 0 Å². The minimum atomic E-state index is -2.95. The molecular weight excluding hydrogens is 338 g/mol. The molecule has 2 rings (SSSR count). The minimum Gasteiger partial charge on any atom is -0.389 e. The Hall–Kier alpha value is -1.66. The molecular formula is C19H27NO4S. The van der Waals surface area contributed by atoms with Gasteiger partial charge in [-0.25, -0.2) is 8.42 Å². The Bertz CT molecular complexity index is 685. The van der Waals surface area contributed by atoms with Gasteiger partial charge < -0.3 is 10.0 Å². The number of carbonyl (C=O) groups excluding carboxylic acids is 1. The van der Waals surface area contributed by atoms with Crippen molar-refractivity contribution in [3.63, 3.8) is 0 Å². The van der Waals surface area contributed by atoms with Crippen molar-refractivity contribution < 1.29 is 18.3 Å². The van der Waals surface area contributed by atoms with Crippen molar-refractivity contribution in [3.8, 4) is 0 Å². The quantitative estimate of drug-likeness (QED) is 0.536. The zero-order valence-electron chi connectivity index (χ0n) is 14.7. The van der Waals surface area contributed by atoms with E-state index in [9.17, 15) is 18.3 Å². The SMILES string of the molecule is CS(=O)(=O)CCCCN1C(=O)CC[C@@H]1/C=C/C(O)Cc1ccccc1. The Kier molecular flexibility index (Phi) is 7.20. The van der Waals surface area contributed by atoms with E-state index in [1.165, 1.54) is 6.26 Å². The Morgan fingerprint density at radius 2 is 2.00 bits per heavy atom. The van der Waals surface area contributed by atoms with Crippen LogP contribution in [0.5, 0.6) is 0 Å². The van der Waals surface area contributed by atoms with E-state index in [-0.39, 0.29) is 17.7 Å². The third kappa shape index (κ3) is 7.00. The minimum absolute atomic E-state index is 0.00356. The van der Waals surface area contributed by atoms with E-state index in [1.807, 2.05) is 36.4 Å². The number of likely N-dealkylation sites (tertiary alicyclic amines) is 1. The molecule has 1 saturated heterocycles. The number of hydrogen-bond donors (Lipinski definition) is 1. The summed E-state index contributed by atoms with van der Waals surface area (Å²) >= 11 is 0. The lowest BCUT2D eigenvalue weighted by Gasteiger charge is -2.22. The molecule has 6 heteroatoms. The lowest BCUT2D eigenvalue weighted by Crippen LogP contribution is -2.33. The van der Waals surface area contributed by atoms with Crippen molar-refractivity contribution in [1.82, 2.24) is 4.90 Å². The van der Waals surface area contributed by atoms with Gasteiger partial charge in [-0.3, -0.25) is 4.79 Å². The van der Waals surface area contributed by atoms with Gasteiger partial charge in [0.05, 0.1) is 12.1 Å². The first-order valence-corrected chi connectivity index (χ1v) is 10.8. The first-order valence-electron chi connectivity index (χ1n) is 8.72. The second-order valence-electron chi connectivity index (χ2n) is 6.67. The molecule has 1 unspecified atom stereocenters. The molecule has 0 aromatic heterocycles. The van der Waals surface area contributed by atoms with E-state index in [0.29, 0.717) is 32.2 Å². The van der Waals surface area contributed by atoms with Gasteiger partial charge in [0.1, 0.15) is 9.84 Å². The van der Waals surface area contributed by atoms with Crippen LogP contribution < -0.4 is 0 Å². The van der Waals surface area contributed by atoms with Crippen molar-refractivity contribution in [2.75, 3.05) is 18.6 Å². The maximum absolute atomic E-state index is 12.0. The van der Waals surface area contributed by atoms with Crippen molar-refractivity contribution >= 4 is 15.7 Å². The molecule has 1 fully saturated rings. The van der Waals surface area contributed by atoms with Gasteiger partial charge in [-0.05, 0) is 24.8 Å². The largest absolute Gasteiger partial charge is 0.389 e. The molecule has 0 aliphatic carbocycles. The summed E-state index contributed by atoms with van der Waals surface area (Å²) in [6.45, 7) is 0.568. The number of rotatable bonds is 9. The molecule has 1 aromatic rings. The van der Waals surface area contributed by atoms with Crippen LogP contribution in [0.4, 0.5) is 0 Å². The summed E-state index contributed by atoms with van der Waals surface area (Å²) in [7, 11) is -2.95. The fraction of sp³-hybridized carbons (Fsp3) is 0.526. The van der Waals surface area contributed by atoms with Crippen LogP contribution in [0, 0.1) is 0 Å². The normalized spacial score (nSPS) is 19.7. The summed E-state index contributed by atoms with van der Waals surface area (Å²) in [4.78, 5) is 13.8. The van der Waals surface area contributed by atoms with E-state index in [4.69, 9.17) is 0 Å². The van der Waals surface area contributed by atoms with Gasteiger partial charge in [0.25, 0.3) is 0 Å². The number of sulfone groups is 1. The Morgan fingerprint density at radius 3 is 2.68 bits per heavy atom. The number of hydrogen-bond acceptors (Lipinski definition) is 4. The maximum atomic E-state index is 12.0. The summed E-state index contributed by atoms with van der Waals surface area (Å²) in [5, 5.41) is 10.2. The van der Waals surface area contributed by atoms with Gasteiger partial charge >= 0.3 is 0 Å². The number of aliphatic hydroxyl groups is 1. The number of aliphatic hydroxyl groups excluding tert-OH is 1. The average molecular weight is 365 g/mol. The van der Waals surface area contributed by atoms with Crippen LogP contribution in [-0.2, 0) is 21.1 Å². The second kappa shape index (κ2) is 9.15. The molecule has 2 atom stereocenters. The summed E-state index contributed by atoms with van der Waals surface area (Å²) in [6.07, 6.45) is 7.38. The fourth-order valence-corrected chi connectivity index (χ4v) is 3.80. The van der Waals surface area contributed by atoms with Crippen molar-refractivity contribution in [1.29, 1.82) is 0 Å². The summed E-state index contributed by atoms with van der Waals surface area (Å²) in [6, 6.07) is 9.78. The molecule has 1 aliphatic rings. The smallest absolute Gasteiger partial charge is 0.223 e. The molecule has 138 valence electrons. The molecule has 1 aliphatic heterocycles. The van der Waals surface area contributed by atoms with Crippen molar-refractivity contribution in [2.24, 2.45) is 0 Å². The highest BCUT2D eigenvalue weighted by molar-refractivity contribution is 7.90. The lowest BCUT2D eigenvalue weighted by molar-refractivity contribution is -0.128. The van der Waals surface area contributed by atoms with Gasteiger partial charge in [0.2, 0.25) is 5.91 Å². The molecule has 1 aromatic carbocycles. The molecule has 0 radical (unpaired) electrons. The Morgan fingerprint density at radius 1 is 1.28 bits per heavy atom. The molecule has 0 spiro atoms. The number of benzene rings is 1. The average Bonchev–Trinajstić information content (AvgIpc) is 2.90. The second-order valence-corrected chi connectivity index (χ2v) is 8.93. The standard InChI is InChI=1S/C19H27NO4S/c1-25(23,24)14-6-5-13-20-17(10-12-19(20)22)9-11-18(21)15-16-7-3-2-4-8-16/h2-4,7-9,11,17-18,21H,5-6,10,12-15H2,1H3/b11-9+/t17-,18?/m0/s1. The van der Waals surface area contributed by atoms with E-state index < -0.39 is 15.9 Å². The first-order chi connectivity index (χ1) is 11.8. The predicted octanol–water partition coefficient (Wildman–Crippen LogP) is 1.96. The van der Waals surface area contributed by atoms with Gasteiger partial charge in [-0.1, -0.05) is 42.5 Å². The van der Waals surface area contributed by atoms with Crippen molar-refractivity contribution in [3.05, 3.63) is 48.0 Å². The van der Waals surface area contributed by atoms with Gasteiger partial charge in [0.15, 0.2) is 0 Å². The van der Waals surface area contributed by atoms with Crippen LogP contribution in [0.2, 0.25) is 0 Å². The van der Waals surface area contributed by atoms with E-state index in [0.717, 1.165) is 12.0 Å². The van der Waals surface area contributed by atoms with Crippen LogP contribution in [0.15, 0.2) is 42.5 Å². The molecule has 0 saturated carbocycles. The molecule has 0 bridgehead atoms. The molecule has 5 nitrogen and oxygen atoms in total. The van der Waals surface area contributed by atoms with Gasteiger partial charge in [-0.15, -0.1) is 0 Å². The summed E-state index contributed by atoms with van der Waals surface area (Å²) in [5.41, 5.74) is 1.07. The van der Waals surface area contributed by atoms with Crippen molar-refractivity contribution in [2.45, 2.75) is 44.2 Å². The molecule has 1 N–H and O–H groups in total. The first kappa shape index (κ1) is 19.7. The zero-order valence-corrected chi connectivity index (χ0v) is 15.5. The van der Waals surface area contributed by atoms with Gasteiger partial charge in [0, 0.05) is 31.4 Å². The monoisotopic (exact) mass is 365 g/mol. The van der Waals surface area contributed by atoms with Gasteiger partial charge in [-0.2, -0.15) is 0 Å². The van der Waals surface area contributed by atoms with E-state index >= 15 is 0 Å². The number of nitrogens with zero attached hydrogens (tertiary/aromatic N) is 1. The fourth-order valence-electron chi connectivity index (χ4n) is 3.07. The number of amides is 1. The van der Waals surface area contributed by atoms with Crippen LogP contribution in [-0.4, -0.2) is 55.0 Å². The molecule has 1 heterocycles.